The number of hydrogen-bond donors (Lipinski definition) is 1. The molecule has 9 heteroatoms. The molecule has 144 valence electrons. The first-order valence-electron chi connectivity index (χ1n) is 8.13. The van der Waals surface area contributed by atoms with Crippen LogP contribution in [0.2, 0.25) is 15.1 Å². The lowest BCUT2D eigenvalue weighted by Gasteiger charge is -2.29. The predicted octanol–water partition coefficient (Wildman–Crippen LogP) is 4.64. The molecule has 27 heavy (non-hydrogen) atoms. The van der Waals surface area contributed by atoms with Gasteiger partial charge in [-0.2, -0.15) is 0 Å². The molecule has 0 atom stereocenters. The first kappa shape index (κ1) is 20.0. The Bertz CT molecular complexity index is 845. The Balaban J connectivity index is 1.59. The molecule has 1 aliphatic rings. The number of rotatable bonds is 5. The van der Waals surface area contributed by atoms with E-state index in [9.17, 15) is 9.18 Å². The van der Waals surface area contributed by atoms with Crippen LogP contribution in [-0.4, -0.2) is 38.8 Å². The summed E-state index contributed by atoms with van der Waals surface area (Å²) in [4.78, 5) is 14.0. The van der Waals surface area contributed by atoms with Crippen LogP contribution in [0.25, 0.3) is 0 Å². The van der Waals surface area contributed by atoms with E-state index in [1.807, 2.05) is 4.90 Å². The molecule has 0 radical (unpaired) electrons. The normalized spacial score (nSPS) is 14.1. The van der Waals surface area contributed by atoms with Gasteiger partial charge in [-0.3, -0.25) is 4.79 Å². The van der Waals surface area contributed by atoms with Gasteiger partial charge in [-0.25, -0.2) is 4.39 Å². The average Bonchev–Trinajstić information content (AvgIpc) is 2.64. The molecule has 1 aliphatic heterocycles. The number of hydrogen-bond acceptors (Lipinski definition) is 4. The zero-order valence-corrected chi connectivity index (χ0v) is 16.4. The number of amides is 1. The molecule has 1 fully saturated rings. The Labute approximate surface area is 170 Å². The predicted molar refractivity (Wildman–Crippen MR) is 105 cm³/mol. The van der Waals surface area contributed by atoms with E-state index in [2.05, 4.69) is 5.32 Å². The summed E-state index contributed by atoms with van der Waals surface area (Å²) in [5.41, 5.74) is 0.813. The summed E-state index contributed by atoms with van der Waals surface area (Å²) in [6.07, 6.45) is 0. The number of carbonyl (C=O) groups is 1. The minimum absolute atomic E-state index is 0.232. The van der Waals surface area contributed by atoms with Crippen molar-refractivity contribution < 1.29 is 18.7 Å². The molecule has 1 heterocycles. The van der Waals surface area contributed by atoms with Gasteiger partial charge in [0.1, 0.15) is 11.6 Å². The van der Waals surface area contributed by atoms with Crippen molar-refractivity contribution in [2.45, 2.75) is 0 Å². The first-order chi connectivity index (χ1) is 12.9. The van der Waals surface area contributed by atoms with Crippen LogP contribution in [0.5, 0.6) is 5.75 Å². The monoisotopic (exact) mass is 432 g/mol. The van der Waals surface area contributed by atoms with Gasteiger partial charge < -0.3 is 19.7 Å². The maximum atomic E-state index is 14.4. The number of anilines is 2. The summed E-state index contributed by atoms with van der Waals surface area (Å²) in [5.74, 6) is -0.645. The molecule has 2 aromatic carbocycles. The lowest BCUT2D eigenvalue weighted by molar-refractivity contribution is -0.118. The molecule has 5 nitrogen and oxygen atoms in total. The van der Waals surface area contributed by atoms with Crippen molar-refractivity contribution in [3.05, 3.63) is 51.2 Å². The van der Waals surface area contributed by atoms with Crippen LogP contribution in [0.3, 0.4) is 0 Å². The lowest BCUT2D eigenvalue weighted by Crippen LogP contribution is -2.36. The van der Waals surface area contributed by atoms with Crippen molar-refractivity contribution in [2.24, 2.45) is 0 Å². The van der Waals surface area contributed by atoms with Crippen molar-refractivity contribution in [3.8, 4) is 5.75 Å². The largest absolute Gasteiger partial charge is 0.482 e. The third-order valence-electron chi connectivity index (χ3n) is 3.92. The fourth-order valence-electron chi connectivity index (χ4n) is 2.60. The summed E-state index contributed by atoms with van der Waals surface area (Å²) >= 11 is 17.7. The van der Waals surface area contributed by atoms with Crippen molar-refractivity contribution in [3.63, 3.8) is 0 Å². The summed E-state index contributed by atoms with van der Waals surface area (Å²) in [6.45, 7) is 2.06. The van der Waals surface area contributed by atoms with E-state index in [1.54, 1.807) is 12.1 Å². The maximum absolute atomic E-state index is 14.4. The molecular weight excluding hydrogens is 418 g/mol. The van der Waals surface area contributed by atoms with E-state index in [0.29, 0.717) is 37.7 Å². The maximum Gasteiger partial charge on any atom is 0.262 e. The van der Waals surface area contributed by atoms with Gasteiger partial charge in [-0.05, 0) is 24.3 Å². The SMILES string of the molecule is O=C(COc1cc(Cl)c(Cl)cc1Cl)Nc1ccc(N2CCOCC2)c(F)c1. The van der Waals surface area contributed by atoms with Gasteiger partial charge in [-0.1, -0.05) is 34.8 Å². The second kappa shape index (κ2) is 8.97. The number of morpholine rings is 1. The van der Waals surface area contributed by atoms with Crippen molar-refractivity contribution >= 4 is 52.1 Å². The molecule has 1 amide bonds. The Kier molecular flexibility index (Phi) is 6.65. The van der Waals surface area contributed by atoms with Gasteiger partial charge in [0, 0.05) is 24.8 Å². The van der Waals surface area contributed by atoms with Crippen LogP contribution >= 0.6 is 34.8 Å². The van der Waals surface area contributed by atoms with Gasteiger partial charge in [0.2, 0.25) is 0 Å². The van der Waals surface area contributed by atoms with Crippen molar-refractivity contribution in [1.29, 1.82) is 0 Å². The number of nitrogens with one attached hydrogen (secondary N) is 1. The Morgan fingerprint density at radius 3 is 2.52 bits per heavy atom. The quantitative estimate of drug-likeness (QED) is 0.698. The second-order valence-electron chi connectivity index (χ2n) is 5.80. The van der Waals surface area contributed by atoms with Crippen molar-refractivity contribution in [2.75, 3.05) is 43.1 Å². The standard InChI is InChI=1S/C18H16Cl3FN2O3/c19-12-8-14(21)17(9-13(12)20)27-10-18(25)23-11-1-2-16(15(22)7-11)24-3-5-26-6-4-24/h1-2,7-9H,3-6,10H2,(H,23,25). The number of halogens is 4. The third-order valence-corrected chi connectivity index (χ3v) is 4.93. The van der Waals surface area contributed by atoms with E-state index >= 15 is 0 Å². The van der Waals surface area contributed by atoms with Gasteiger partial charge >= 0.3 is 0 Å². The van der Waals surface area contributed by atoms with E-state index < -0.39 is 11.7 Å². The Morgan fingerprint density at radius 2 is 1.81 bits per heavy atom. The summed E-state index contributed by atoms with van der Waals surface area (Å²) in [7, 11) is 0. The number of nitrogens with zero attached hydrogens (tertiary/aromatic N) is 1. The highest BCUT2D eigenvalue weighted by molar-refractivity contribution is 6.43. The molecule has 1 N–H and O–H groups in total. The van der Waals surface area contributed by atoms with Crippen LogP contribution in [0.4, 0.5) is 15.8 Å². The topological polar surface area (TPSA) is 50.8 Å². The van der Waals surface area contributed by atoms with Crippen LogP contribution in [0.1, 0.15) is 0 Å². The van der Waals surface area contributed by atoms with Crippen LogP contribution in [-0.2, 0) is 9.53 Å². The highest BCUT2D eigenvalue weighted by Gasteiger charge is 2.16. The Hall–Kier alpha value is -1.73. The average molecular weight is 434 g/mol. The van der Waals surface area contributed by atoms with E-state index in [0.717, 1.165) is 0 Å². The molecule has 0 spiro atoms. The number of benzene rings is 2. The molecular formula is C18H16Cl3FN2O3. The molecule has 0 unspecified atom stereocenters. The van der Waals surface area contributed by atoms with Gasteiger partial charge in [-0.15, -0.1) is 0 Å². The minimum atomic E-state index is -0.462. The molecule has 1 saturated heterocycles. The molecule has 0 bridgehead atoms. The fourth-order valence-corrected chi connectivity index (χ4v) is 3.19. The van der Waals surface area contributed by atoms with Crippen LogP contribution in [0.15, 0.2) is 30.3 Å². The zero-order chi connectivity index (χ0) is 19.4. The molecule has 2 aromatic rings. The molecule has 0 aromatic heterocycles. The molecule has 0 saturated carbocycles. The first-order valence-corrected chi connectivity index (χ1v) is 9.27. The van der Waals surface area contributed by atoms with Gasteiger partial charge in [0.05, 0.1) is 34.0 Å². The van der Waals surface area contributed by atoms with Crippen molar-refractivity contribution in [1.82, 2.24) is 0 Å². The van der Waals surface area contributed by atoms with E-state index in [-0.39, 0.29) is 27.4 Å². The summed E-state index contributed by atoms with van der Waals surface area (Å²) < 4.78 is 25.0. The minimum Gasteiger partial charge on any atom is -0.482 e. The van der Waals surface area contributed by atoms with Gasteiger partial charge in [0.25, 0.3) is 5.91 Å². The summed E-state index contributed by atoms with van der Waals surface area (Å²) in [6, 6.07) is 7.40. The third kappa shape index (κ3) is 5.17. The van der Waals surface area contributed by atoms with E-state index in [4.69, 9.17) is 44.3 Å². The fraction of sp³-hybridized carbons (Fsp3) is 0.278. The van der Waals surface area contributed by atoms with Crippen LogP contribution in [0, 0.1) is 5.82 Å². The second-order valence-corrected chi connectivity index (χ2v) is 7.02. The summed E-state index contributed by atoms with van der Waals surface area (Å²) in [5, 5.41) is 3.36. The van der Waals surface area contributed by atoms with Gasteiger partial charge in [0.15, 0.2) is 6.61 Å². The Morgan fingerprint density at radius 1 is 1.11 bits per heavy atom. The van der Waals surface area contributed by atoms with E-state index in [1.165, 1.54) is 18.2 Å². The number of ether oxygens (including phenoxy) is 2. The number of carbonyl (C=O) groups excluding carboxylic acids is 1. The highest BCUT2D eigenvalue weighted by Crippen LogP contribution is 2.33. The highest BCUT2D eigenvalue weighted by atomic mass is 35.5. The zero-order valence-electron chi connectivity index (χ0n) is 14.1. The smallest absolute Gasteiger partial charge is 0.262 e. The van der Waals surface area contributed by atoms with Crippen LogP contribution < -0.4 is 15.0 Å². The lowest BCUT2D eigenvalue weighted by atomic mass is 10.2. The molecule has 0 aliphatic carbocycles. The molecule has 3 rings (SSSR count).